The molecule has 1 fully saturated rings. The fourth-order valence-corrected chi connectivity index (χ4v) is 7.74. The molecule has 1 rings (SSSR count). The summed E-state index contributed by atoms with van der Waals surface area (Å²) in [4.78, 5) is 2.28. The van der Waals surface area contributed by atoms with Crippen molar-refractivity contribution >= 4 is 0 Å². The number of ether oxygens (including phenoxy) is 3. The predicted molar refractivity (Wildman–Crippen MR) is 247 cm³/mol. The molecule has 1 aliphatic rings. The third-order valence-corrected chi connectivity index (χ3v) is 11.3. The van der Waals surface area contributed by atoms with Crippen LogP contribution in [0.15, 0.2) is 48.6 Å². The molecule has 5 heteroatoms. The topological polar surface area (TPSA) is 57.0 Å². The van der Waals surface area contributed by atoms with Crippen molar-refractivity contribution < 1.29 is 14.2 Å². The monoisotopic (exact) mass is 785 g/mol. The first-order valence-corrected chi connectivity index (χ1v) is 24.4. The molecular formula is C51H96N2O3. The summed E-state index contributed by atoms with van der Waals surface area (Å²) in [6.45, 7) is 7.96. The molecule has 1 saturated heterocycles. The normalized spacial score (nSPS) is 19.1. The molecule has 328 valence electrons. The van der Waals surface area contributed by atoms with Gasteiger partial charge in [0.25, 0.3) is 0 Å². The van der Waals surface area contributed by atoms with Gasteiger partial charge in [0.05, 0.1) is 12.2 Å². The standard InChI is InChI=1S/C51H96N2O3/c1-5-7-9-11-13-15-17-19-21-23-25-27-29-31-33-37-43-51(44-38-34-32-30-28-26-24-22-20-18-16-14-12-10-8-6-2)55-49(41-46-53(3)4)50(56-51)42-48-54-47-40-36-35-39-45-52/h13-16,19-22,49-50H,5-12,17-18,23-48,52H2,1-4H3. The van der Waals surface area contributed by atoms with Gasteiger partial charge in [0.2, 0.25) is 0 Å². The third kappa shape index (κ3) is 32.7. The molecule has 5 nitrogen and oxygen atoms in total. The number of hydrogen-bond acceptors (Lipinski definition) is 5. The van der Waals surface area contributed by atoms with Crippen LogP contribution in [0.3, 0.4) is 0 Å². The first-order chi connectivity index (χ1) is 27.6. The minimum Gasteiger partial charge on any atom is -0.381 e. The van der Waals surface area contributed by atoms with Crippen LogP contribution >= 0.6 is 0 Å². The molecule has 1 aliphatic heterocycles. The second-order valence-corrected chi connectivity index (χ2v) is 17.1. The van der Waals surface area contributed by atoms with Crippen molar-refractivity contribution in [3.63, 3.8) is 0 Å². The number of unbranched alkanes of at least 4 members (excludes halogenated alkanes) is 21. The Bertz CT molecular complexity index is 880. The highest BCUT2D eigenvalue weighted by atomic mass is 16.8. The average Bonchev–Trinajstić information content (AvgIpc) is 3.54. The zero-order chi connectivity index (χ0) is 40.5. The van der Waals surface area contributed by atoms with E-state index in [1.807, 2.05) is 0 Å². The molecule has 0 spiro atoms. The molecule has 0 saturated carbocycles. The van der Waals surface area contributed by atoms with Crippen LogP contribution in [0.2, 0.25) is 0 Å². The van der Waals surface area contributed by atoms with Gasteiger partial charge >= 0.3 is 0 Å². The molecule has 0 aromatic rings. The number of nitrogens with zero attached hydrogens (tertiary/aromatic N) is 1. The average molecular weight is 785 g/mol. The van der Waals surface area contributed by atoms with Crippen molar-refractivity contribution in [2.45, 2.75) is 237 Å². The lowest BCUT2D eigenvalue weighted by molar-refractivity contribution is -0.188. The molecule has 0 bridgehead atoms. The van der Waals surface area contributed by atoms with Gasteiger partial charge in [0, 0.05) is 32.6 Å². The van der Waals surface area contributed by atoms with Crippen LogP contribution in [0.5, 0.6) is 0 Å². The van der Waals surface area contributed by atoms with E-state index in [1.54, 1.807) is 0 Å². The van der Waals surface area contributed by atoms with Gasteiger partial charge in [0.1, 0.15) is 0 Å². The van der Waals surface area contributed by atoms with E-state index in [2.05, 4.69) is 81.5 Å². The third-order valence-electron chi connectivity index (χ3n) is 11.3. The van der Waals surface area contributed by atoms with E-state index in [9.17, 15) is 0 Å². The van der Waals surface area contributed by atoms with Crippen LogP contribution < -0.4 is 5.73 Å². The Hall–Kier alpha value is -1.24. The summed E-state index contributed by atoms with van der Waals surface area (Å²) in [5, 5.41) is 0. The number of hydrogen-bond donors (Lipinski definition) is 1. The maximum absolute atomic E-state index is 7.04. The highest BCUT2D eigenvalue weighted by Gasteiger charge is 2.46. The molecule has 0 radical (unpaired) electrons. The van der Waals surface area contributed by atoms with Crippen molar-refractivity contribution in [2.24, 2.45) is 5.73 Å². The molecule has 0 aromatic carbocycles. The lowest BCUT2D eigenvalue weighted by Crippen LogP contribution is -2.31. The maximum Gasteiger partial charge on any atom is 0.169 e. The van der Waals surface area contributed by atoms with Crippen molar-refractivity contribution in [2.75, 3.05) is 40.4 Å². The zero-order valence-corrected chi connectivity index (χ0v) is 38.0. The fourth-order valence-electron chi connectivity index (χ4n) is 7.74. The first-order valence-electron chi connectivity index (χ1n) is 24.4. The van der Waals surface area contributed by atoms with Gasteiger partial charge in [-0.2, -0.15) is 0 Å². The Kier molecular flexibility index (Phi) is 38.2. The van der Waals surface area contributed by atoms with Gasteiger partial charge in [-0.1, -0.05) is 152 Å². The summed E-state index contributed by atoms with van der Waals surface area (Å²) in [6, 6.07) is 0. The van der Waals surface area contributed by atoms with Gasteiger partial charge in [-0.05, 0) is 123 Å². The Morgan fingerprint density at radius 2 is 0.893 bits per heavy atom. The zero-order valence-electron chi connectivity index (χ0n) is 38.0. The molecule has 2 unspecified atom stereocenters. The second kappa shape index (κ2) is 40.5. The molecule has 0 aromatic heterocycles. The predicted octanol–water partition coefficient (Wildman–Crippen LogP) is 14.8. The Morgan fingerprint density at radius 3 is 1.36 bits per heavy atom. The van der Waals surface area contributed by atoms with Gasteiger partial charge in [-0.25, -0.2) is 0 Å². The highest BCUT2D eigenvalue weighted by Crippen LogP contribution is 2.40. The molecule has 2 N–H and O–H groups in total. The lowest BCUT2D eigenvalue weighted by atomic mass is 9.98. The van der Waals surface area contributed by atoms with Crippen LogP contribution in [0.25, 0.3) is 0 Å². The van der Waals surface area contributed by atoms with E-state index in [0.29, 0.717) is 0 Å². The van der Waals surface area contributed by atoms with E-state index in [1.165, 1.54) is 154 Å². The van der Waals surface area contributed by atoms with Crippen LogP contribution in [-0.4, -0.2) is 63.3 Å². The Balaban J connectivity index is 2.51. The Labute approximate surface area is 350 Å². The smallest absolute Gasteiger partial charge is 0.169 e. The minimum absolute atomic E-state index is 0.126. The van der Waals surface area contributed by atoms with Crippen LogP contribution in [0.1, 0.15) is 219 Å². The minimum atomic E-state index is -0.422. The summed E-state index contributed by atoms with van der Waals surface area (Å²) in [6.07, 6.45) is 58.4. The molecular weight excluding hydrogens is 689 g/mol. The van der Waals surface area contributed by atoms with Crippen molar-refractivity contribution in [3.05, 3.63) is 48.6 Å². The lowest BCUT2D eigenvalue weighted by Gasteiger charge is -2.29. The SMILES string of the molecule is CCCCCC=CCC=CCCCCCCCCC1(CCCCCCCCC=CCC=CCCCCC)OC(CCOCCCCCCN)C(CCN(C)C)O1. The largest absolute Gasteiger partial charge is 0.381 e. The van der Waals surface area contributed by atoms with Gasteiger partial charge in [0.15, 0.2) is 5.79 Å². The van der Waals surface area contributed by atoms with E-state index in [0.717, 1.165) is 77.7 Å². The quantitative estimate of drug-likeness (QED) is 0.0493. The van der Waals surface area contributed by atoms with E-state index < -0.39 is 5.79 Å². The summed E-state index contributed by atoms with van der Waals surface area (Å²) < 4.78 is 20.2. The highest BCUT2D eigenvalue weighted by molar-refractivity contribution is 4.94. The van der Waals surface area contributed by atoms with E-state index in [4.69, 9.17) is 19.9 Å². The summed E-state index contributed by atoms with van der Waals surface area (Å²) in [5.41, 5.74) is 5.66. The van der Waals surface area contributed by atoms with E-state index in [-0.39, 0.29) is 12.2 Å². The number of allylic oxidation sites excluding steroid dienone is 8. The number of rotatable bonds is 42. The second-order valence-electron chi connectivity index (χ2n) is 17.1. The van der Waals surface area contributed by atoms with Crippen molar-refractivity contribution in [1.29, 1.82) is 0 Å². The summed E-state index contributed by atoms with van der Waals surface area (Å²) in [7, 11) is 4.33. The van der Waals surface area contributed by atoms with Crippen LogP contribution in [0.4, 0.5) is 0 Å². The fraction of sp³-hybridized carbons (Fsp3) is 0.843. The molecule has 56 heavy (non-hydrogen) atoms. The van der Waals surface area contributed by atoms with Gasteiger partial charge in [-0.3, -0.25) is 0 Å². The van der Waals surface area contributed by atoms with E-state index >= 15 is 0 Å². The van der Waals surface area contributed by atoms with Crippen LogP contribution in [-0.2, 0) is 14.2 Å². The van der Waals surface area contributed by atoms with Gasteiger partial charge in [-0.15, -0.1) is 0 Å². The number of nitrogens with two attached hydrogens (primary N) is 1. The maximum atomic E-state index is 7.04. The molecule has 1 heterocycles. The van der Waals surface area contributed by atoms with Crippen LogP contribution in [0, 0.1) is 0 Å². The van der Waals surface area contributed by atoms with Crippen molar-refractivity contribution in [3.8, 4) is 0 Å². The van der Waals surface area contributed by atoms with Crippen molar-refractivity contribution in [1.82, 2.24) is 4.90 Å². The molecule has 2 atom stereocenters. The summed E-state index contributed by atoms with van der Waals surface area (Å²) in [5.74, 6) is -0.422. The molecule has 0 aliphatic carbocycles. The molecule has 0 amide bonds. The first kappa shape index (κ1) is 52.8. The summed E-state index contributed by atoms with van der Waals surface area (Å²) >= 11 is 0. The van der Waals surface area contributed by atoms with Gasteiger partial charge < -0.3 is 24.8 Å². The Morgan fingerprint density at radius 1 is 0.482 bits per heavy atom.